The minimum atomic E-state index is -0.924. The van der Waals surface area contributed by atoms with Gasteiger partial charge in [0.05, 0.1) is 18.1 Å². The van der Waals surface area contributed by atoms with Crippen LogP contribution in [0.1, 0.15) is 24.4 Å². The zero-order valence-corrected chi connectivity index (χ0v) is 19.4. The first-order valence-corrected chi connectivity index (χ1v) is 10.8. The molecule has 12 nitrogen and oxygen atoms in total. The Morgan fingerprint density at radius 3 is 2.31 bits per heavy atom. The van der Waals surface area contributed by atoms with Gasteiger partial charge in [0, 0.05) is 29.4 Å². The molecule has 0 saturated heterocycles. The standard InChI is InChI=1S/C24H23N3O9/c1-3-33-19-10-7-16(13-21(19)34-4-2)25-24(30)26-22(28)14-35-23(29)20-12-11-18(36-20)15-5-8-17(9-6-15)27(31)32/h5-13H,3-4,14H2,1-2H3,(H2,25,26,28,30). The zero-order chi connectivity index (χ0) is 26.1. The maximum absolute atomic E-state index is 12.2. The minimum absolute atomic E-state index is 0.0859. The quantitative estimate of drug-likeness (QED) is 0.238. The zero-order valence-electron chi connectivity index (χ0n) is 19.4. The highest BCUT2D eigenvalue weighted by molar-refractivity contribution is 6.02. The third-order valence-electron chi connectivity index (χ3n) is 4.56. The lowest BCUT2D eigenvalue weighted by atomic mass is 10.1. The molecule has 188 valence electrons. The van der Waals surface area contributed by atoms with Crippen LogP contribution in [0.15, 0.2) is 59.0 Å². The monoisotopic (exact) mass is 497 g/mol. The number of esters is 1. The average Bonchev–Trinajstić information content (AvgIpc) is 3.35. The summed E-state index contributed by atoms with van der Waals surface area (Å²) in [4.78, 5) is 46.6. The number of nitrogens with one attached hydrogen (secondary N) is 2. The molecule has 3 aromatic rings. The summed E-state index contributed by atoms with van der Waals surface area (Å²) in [6.07, 6.45) is 0. The molecule has 0 fully saturated rings. The van der Waals surface area contributed by atoms with Crippen molar-refractivity contribution < 1.29 is 37.9 Å². The second kappa shape index (κ2) is 12.0. The Labute approximate surface area is 205 Å². The summed E-state index contributed by atoms with van der Waals surface area (Å²) < 4.78 is 21.2. The predicted octanol–water partition coefficient (Wildman–Crippen LogP) is 4.16. The van der Waals surface area contributed by atoms with Crippen LogP contribution in [0.3, 0.4) is 0 Å². The summed E-state index contributed by atoms with van der Waals surface area (Å²) in [6, 6.07) is 12.3. The number of benzene rings is 2. The van der Waals surface area contributed by atoms with Crippen LogP contribution in [0.25, 0.3) is 11.3 Å². The summed E-state index contributed by atoms with van der Waals surface area (Å²) >= 11 is 0. The van der Waals surface area contributed by atoms with Gasteiger partial charge in [-0.3, -0.25) is 20.2 Å². The van der Waals surface area contributed by atoms with Crippen LogP contribution in [0, 0.1) is 10.1 Å². The first-order valence-electron chi connectivity index (χ1n) is 10.8. The summed E-state index contributed by atoms with van der Waals surface area (Å²) in [5.74, 6) is -0.738. The Bertz CT molecular complexity index is 1250. The van der Waals surface area contributed by atoms with Crippen molar-refractivity contribution in [2.24, 2.45) is 0 Å². The summed E-state index contributed by atoms with van der Waals surface area (Å²) in [6.45, 7) is 3.74. The molecule has 0 aliphatic carbocycles. The van der Waals surface area contributed by atoms with Gasteiger partial charge in [0.25, 0.3) is 11.6 Å². The van der Waals surface area contributed by atoms with E-state index in [1.54, 1.807) is 18.2 Å². The molecule has 0 unspecified atom stereocenters. The molecule has 0 atom stereocenters. The van der Waals surface area contributed by atoms with E-state index in [-0.39, 0.29) is 17.2 Å². The fourth-order valence-electron chi connectivity index (χ4n) is 3.01. The van der Waals surface area contributed by atoms with E-state index in [1.165, 1.54) is 36.4 Å². The van der Waals surface area contributed by atoms with Crippen molar-refractivity contribution in [2.45, 2.75) is 13.8 Å². The molecule has 3 rings (SSSR count). The number of nitro groups is 1. The Morgan fingerprint density at radius 1 is 0.944 bits per heavy atom. The molecule has 0 saturated carbocycles. The van der Waals surface area contributed by atoms with Crippen LogP contribution < -0.4 is 20.1 Å². The molecule has 0 bridgehead atoms. The molecule has 3 amide bonds. The Balaban J connectivity index is 1.51. The SMILES string of the molecule is CCOc1ccc(NC(=O)NC(=O)COC(=O)c2ccc(-c3ccc([N+](=O)[O-])cc3)o2)cc1OCC. The first-order chi connectivity index (χ1) is 17.3. The summed E-state index contributed by atoms with van der Waals surface area (Å²) in [7, 11) is 0. The lowest BCUT2D eigenvalue weighted by Crippen LogP contribution is -2.37. The molecule has 2 aromatic carbocycles. The second-order valence-corrected chi connectivity index (χ2v) is 7.07. The van der Waals surface area contributed by atoms with Gasteiger partial charge in [-0.15, -0.1) is 0 Å². The number of rotatable bonds is 10. The first kappa shape index (κ1) is 25.7. The van der Waals surface area contributed by atoms with Crippen molar-refractivity contribution >= 4 is 29.3 Å². The number of furan rings is 1. The highest BCUT2D eigenvalue weighted by Crippen LogP contribution is 2.30. The highest BCUT2D eigenvalue weighted by atomic mass is 16.6. The number of carbonyl (C=O) groups excluding carboxylic acids is 3. The van der Waals surface area contributed by atoms with Gasteiger partial charge in [-0.1, -0.05) is 0 Å². The molecule has 12 heteroatoms. The molecule has 0 radical (unpaired) electrons. The van der Waals surface area contributed by atoms with Gasteiger partial charge in [-0.25, -0.2) is 9.59 Å². The smallest absolute Gasteiger partial charge is 0.374 e. The molecule has 0 spiro atoms. The van der Waals surface area contributed by atoms with Gasteiger partial charge in [0.1, 0.15) is 5.76 Å². The van der Waals surface area contributed by atoms with Gasteiger partial charge in [-0.05, 0) is 50.2 Å². The number of hydrogen-bond donors (Lipinski definition) is 2. The Kier molecular flexibility index (Phi) is 8.59. The number of imide groups is 1. The van der Waals surface area contributed by atoms with E-state index < -0.39 is 29.4 Å². The van der Waals surface area contributed by atoms with Gasteiger partial charge in [0.2, 0.25) is 5.76 Å². The molecule has 36 heavy (non-hydrogen) atoms. The fraction of sp³-hybridized carbons (Fsp3) is 0.208. The van der Waals surface area contributed by atoms with Crippen molar-refractivity contribution in [3.05, 3.63) is 70.5 Å². The highest BCUT2D eigenvalue weighted by Gasteiger charge is 2.17. The van der Waals surface area contributed by atoms with E-state index in [2.05, 4.69) is 5.32 Å². The van der Waals surface area contributed by atoms with Crippen LogP contribution in [-0.4, -0.2) is 42.7 Å². The van der Waals surface area contributed by atoms with Crippen LogP contribution in [0.2, 0.25) is 0 Å². The largest absolute Gasteiger partial charge is 0.490 e. The second-order valence-electron chi connectivity index (χ2n) is 7.07. The minimum Gasteiger partial charge on any atom is -0.490 e. The number of urea groups is 1. The van der Waals surface area contributed by atoms with Gasteiger partial charge in [-0.2, -0.15) is 0 Å². The van der Waals surface area contributed by atoms with Gasteiger partial charge < -0.3 is 23.9 Å². The van der Waals surface area contributed by atoms with E-state index in [1.807, 2.05) is 19.2 Å². The predicted molar refractivity (Wildman–Crippen MR) is 127 cm³/mol. The number of hydrogen-bond acceptors (Lipinski definition) is 9. The molecular weight excluding hydrogens is 474 g/mol. The van der Waals surface area contributed by atoms with Crippen LogP contribution in [0.5, 0.6) is 11.5 Å². The van der Waals surface area contributed by atoms with Crippen molar-refractivity contribution in [2.75, 3.05) is 25.1 Å². The third kappa shape index (κ3) is 6.82. The number of ether oxygens (including phenoxy) is 3. The van der Waals surface area contributed by atoms with Gasteiger partial charge >= 0.3 is 12.0 Å². The number of carbonyl (C=O) groups is 3. The molecular formula is C24H23N3O9. The molecule has 0 aliphatic rings. The number of nitro benzene ring substituents is 1. The molecule has 2 N–H and O–H groups in total. The van der Waals surface area contributed by atoms with E-state index in [4.69, 9.17) is 18.6 Å². The van der Waals surface area contributed by atoms with Crippen LogP contribution in [0.4, 0.5) is 16.2 Å². The Morgan fingerprint density at radius 2 is 1.64 bits per heavy atom. The van der Waals surface area contributed by atoms with Crippen molar-refractivity contribution in [1.29, 1.82) is 0 Å². The molecule has 0 aliphatic heterocycles. The molecule has 1 heterocycles. The van der Waals surface area contributed by atoms with Crippen LogP contribution in [-0.2, 0) is 9.53 Å². The van der Waals surface area contributed by atoms with Crippen molar-refractivity contribution in [3.63, 3.8) is 0 Å². The molecule has 1 aromatic heterocycles. The number of anilines is 1. The van der Waals surface area contributed by atoms with Gasteiger partial charge in [0.15, 0.2) is 18.1 Å². The van der Waals surface area contributed by atoms with Crippen LogP contribution >= 0.6 is 0 Å². The third-order valence-corrected chi connectivity index (χ3v) is 4.56. The van der Waals surface area contributed by atoms with E-state index in [9.17, 15) is 24.5 Å². The summed E-state index contributed by atoms with van der Waals surface area (Å²) in [5, 5.41) is 15.3. The normalized spacial score (nSPS) is 10.3. The maximum Gasteiger partial charge on any atom is 0.374 e. The maximum atomic E-state index is 12.2. The lowest BCUT2D eigenvalue weighted by molar-refractivity contribution is -0.384. The van der Waals surface area contributed by atoms with E-state index >= 15 is 0 Å². The van der Waals surface area contributed by atoms with E-state index in [0.717, 1.165) is 0 Å². The number of nitrogens with zero attached hydrogens (tertiary/aromatic N) is 1. The van der Waals surface area contributed by atoms with E-state index in [0.29, 0.717) is 36.0 Å². The lowest BCUT2D eigenvalue weighted by Gasteiger charge is -2.13. The van der Waals surface area contributed by atoms with Crippen molar-refractivity contribution in [3.8, 4) is 22.8 Å². The number of amides is 3. The van der Waals surface area contributed by atoms with Crippen molar-refractivity contribution in [1.82, 2.24) is 5.32 Å². The number of non-ortho nitro benzene ring substituents is 1. The average molecular weight is 497 g/mol. The summed E-state index contributed by atoms with van der Waals surface area (Å²) in [5.41, 5.74) is 0.784. The fourth-order valence-corrected chi connectivity index (χ4v) is 3.01. The Hall–Kier alpha value is -4.87. The topological polar surface area (TPSA) is 159 Å².